The molecule has 0 atom stereocenters. The Bertz CT molecular complexity index is 2260. The summed E-state index contributed by atoms with van der Waals surface area (Å²) in [5.41, 5.74) is 8.10. The third-order valence-electron chi connectivity index (χ3n) is 8.89. The summed E-state index contributed by atoms with van der Waals surface area (Å²) in [5.74, 6) is 2.47. The van der Waals surface area contributed by atoms with E-state index in [1.54, 1.807) is 0 Å². The monoisotopic (exact) mass is 612 g/mol. The van der Waals surface area contributed by atoms with Gasteiger partial charge in [-0.05, 0) is 76.7 Å². The van der Waals surface area contributed by atoms with Crippen molar-refractivity contribution in [3.8, 4) is 28.4 Å². The number of anilines is 2. The van der Waals surface area contributed by atoms with Crippen LogP contribution in [0.25, 0.3) is 38.8 Å². The predicted octanol–water partition coefficient (Wildman–Crippen LogP) is 10.7. The van der Waals surface area contributed by atoms with E-state index in [-0.39, 0.29) is 5.41 Å². The molecule has 5 aromatic carbocycles. The van der Waals surface area contributed by atoms with Crippen LogP contribution in [0.1, 0.15) is 26.3 Å². The zero-order chi connectivity index (χ0) is 32.0. The Morgan fingerprint density at radius 3 is 2.06 bits per heavy atom. The lowest BCUT2D eigenvalue weighted by molar-refractivity contribution is 0.483. The molecule has 0 N–H and O–H groups in total. The van der Waals surface area contributed by atoms with E-state index in [1.165, 1.54) is 27.5 Å². The predicted molar refractivity (Wildman–Crippen MR) is 195 cm³/mol. The highest BCUT2D eigenvalue weighted by molar-refractivity contribution is 6.09. The molecule has 5 heteroatoms. The Hall–Kier alpha value is -5.81. The molecule has 5 nitrogen and oxygen atoms in total. The fourth-order valence-corrected chi connectivity index (χ4v) is 6.38. The molecule has 1 aliphatic heterocycles. The standard InChI is InChI=1S/C42H36N4O/c1-42(2,3)32-21-22-43-41(26-32)46-39-18-8-7-17-37(39)38-20-19-36(28-40(38)46)47-35-16-10-15-34(27-35)45-24-23-44(29-45)33-14-9-13-31(25-33)30-11-5-4-6-12-30/h4-28H,29H2,1-3H3. The Morgan fingerprint density at radius 2 is 1.26 bits per heavy atom. The average molecular weight is 613 g/mol. The lowest BCUT2D eigenvalue weighted by Crippen LogP contribution is -2.24. The molecule has 1 aliphatic rings. The molecule has 0 radical (unpaired) electrons. The van der Waals surface area contributed by atoms with Gasteiger partial charge in [0.25, 0.3) is 0 Å². The first-order valence-electron chi connectivity index (χ1n) is 16.1. The first kappa shape index (κ1) is 28.6. The van der Waals surface area contributed by atoms with E-state index in [9.17, 15) is 0 Å². The third-order valence-corrected chi connectivity index (χ3v) is 8.89. The SMILES string of the molecule is CC(C)(C)c1ccnc(-n2c3ccccc3c3ccc(Oc4cccc(N5C=CN(c6cccc(-c7ccccc7)c6)C5)c4)cc32)c1. The minimum atomic E-state index is 0.0174. The minimum Gasteiger partial charge on any atom is -0.457 e. The summed E-state index contributed by atoms with van der Waals surface area (Å²) in [6, 6.07) is 46.6. The van der Waals surface area contributed by atoms with E-state index in [0.29, 0.717) is 6.67 Å². The van der Waals surface area contributed by atoms with E-state index in [4.69, 9.17) is 9.72 Å². The lowest BCUT2D eigenvalue weighted by Gasteiger charge is -2.22. The summed E-state index contributed by atoms with van der Waals surface area (Å²) in [5, 5.41) is 2.36. The maximum absolute atomic E-state index is 6.53. The van der Waals surface area contributed by atoms with Gasteiger partial charge in [-0.15, -0.1) is 0 Å². The topological polar surface area (TPSA) is 33.5 Å². The lowest BCUT2D eigenvalue weighted by atomic mass is 9.88. The summed E-state index contributed by atoms with van der Waals surface area (Å²) in [6.45, 7) is 7.42. The second-order valence-corrected chi connectivity index (χ2v) is 13.1. The number of aromatic nitrogens is 2. The van der Waals surface area contributed by atoms with Crippen LogP contribution < -0.4 is 14.5 Å². The summed E-state index contributed by atoms with van der Waals surface area (Å²) in [6.07, 6.45) is 6.17. The average Bonchev–Trinajstić information content (AvgIpc) is 3.72. The van der Waals surface area contributed by atoms with Crippen molar-refractivity contribution < 1.29 is 4.74 Å². The van der Waals surface area contributed by atoms with Crippen molar-refractivity contribution in [1.82, 2.24) is 9.55 Å². The second-order valence-electron chi connectivity index (χ2n) is 13.1. The molecule has 0 saturated carbocycles. The molecule has 0 amide bonds. The highest BCUT2D eigenvalue weighted by atomic mass is 16.5. The minimum absolute atomic E-state index is 0.0174. The van der Waals surface area contributed by atoms with Gasteiger partial charge in [0.2, 0.25) is 0 Å². The molecule has 8 rings (SSSR count). The van der Waals surface area contributed by atoms with Crippen LogP contribution in [-0.2, 0) is 5.41 Å². The van der Waals surface area contributed by atoms with Gasteiger partial charge in [-0.2, -0.15) is 0 Å². The van der Waals surface area contributed by atoms with Gasteiger partial charge >= 0.3 is 0 Å². The van der Waals surface area contributed by atoms with Crippen molar-refractivity contribution in [3.05, 3.63) is 158 Å². The van der Waals surface area contributed by atoms with Crippen LogP contribution in [0.5, 0.6) is 11.5 Å². The molecule has 0 fully saturated rings. The van der Waals surface area contributed by atoms with Gasteiger partial charge in [0.15, 0.2) is 0 Å². The summed E-state index contributed by atoms with van der Waals surface area (Å²) >= 11 is 0. The molecule has 7 aromatic rings. The van der Waals surface area contributed by atoms with Crippen molar-refractivity contribution in [2.75, 3.05) is 16.5 Å². The number of nitrogens with zero attached hydrogens (tertiary/aromatic N) is 4. The van der Waals surface area contributed by atoms with E-state index >= 15 is 0 Å². The number of pyridine rings is 1. The van der Waals surface area contributed by atoms with Crippen LogP contribution in [0.15, 0.2) is 152 Å². The quantitative estimate of drug-likeness (QED) is 0.187. The first-order valence-corrected chi connectivity index (χ1v) is 16.1. The highest BCUT2D eigenvalue weighted by Gasteiger charge is 2.19. The molecule has 0 spiro atoms. The number of fused-ring (bicyclic) bond motifs is 3. The molecule has 47 heavy (non-hydrogen) atoms. The van der Waals surface area contributed by atoms with Gasteiger partial charge in [0.05, 0.1) is 17.7 Å². The molecule has 0 bridgehead atoms. The Labute approximate surface area is 275 Å². The number of rotatable bonds is 6. The summed E-state index contributed by atoms with van der Waals surface area (Å²) < 4.78 is 8.78. The van der Waals surface area contributed by atoms with Crippen LogP contribution in [0.4, 0.5) is 11.4 Å². The van der Waals surface area contributed by atoms with Crippen molar-refractivity contribution in [2.45, 2.75) is 26.2 Å². The smallest absolute Gasteiger partial charge is 0.137 e. The molecular formula is C42H36N4O. The first-order chi connectivity index (χ1) is 22.9. The molecule has 0 aliphatic carbocycles. The third kappa shape index (κ3) is 5.50. The van der Waals surface area contributed by atoms with Gasteiger partial charge in [-0.1, -0.05) is 87.5 Å². The van der Waals surface area contributed by atoms with Gasteiger partial charge in [-0.3, -0.25) is 4.57 Å². The summed E-state index contributed by atoms with van der Waals surface area (Å²) in [4.78, 5) is 9.31. The van der Waals surface area contributed by atoms with E-state index in [2.05, 4.69) is 175 Å². The van der Waals surface area contributed by atoms with E-state index in [0.717, 1.165) is 39.7 Å². The molecule has 0 unspecified atom stereocenters. The molecule has 0 saturated heterocycles. The van der Waals surface area contributed by atoms with Crippen LogP contribution in [0.3, 0.4) is 0 Å². The Morgan fingerprint density at radius 1 is 0.574 bits per heavy atom. The zero-order valence-corrected chi connectivity index (χ0v) is 26.8. The van der Waals surface area contributed by atoms with Crippen molar-refractivity contribution in [2.24, 2.45) is 0 Å². The maximum Gasteiger partial charge on any atom is 0.137 e. The number of hydrogen-bond acceptors (Lipinski definition) is 4. The maximum atomic E-state index is 6.53. The van der Waals surface area contributed by atoms with Crippen LogP contribution >= 0.6 is 0 Å². The van der Waals surface area contributed by atoms with Gasteiger partial charge in [-0.25, -0.2) is 4.98 Å². The Kier molecular flexibility index (Phi) is 7.02. The molecule has 230 valence electrons. The van der Waals surface area contributed by atoms with Gasteiger partial charge in [0, 0.05) is 52.9 Å². The number of benzene rings is 5. The normalized spacial score (nSPS) is 13.2. The van der Waals surface area contributed by atoms with E-state index in [1.807, 2.05) is 12.3 Å². The largest absolute Gasteiger partial charge is 0.457 e. The van der Waals surface area contributed by atoms with Gasteiger partial charge in [0.1, 0.15) is 17.3 Å². The van der Waals surface area contributed by atoms with Crippen LogP contribution in [-0.4, -0.2) is 16.2 Å². The number of para-hydroxylation sites is 1. The number of ether oxygens (including phenoxy) is 1. The van der Waals surface area contributed by atoms with Crippen LogP contribution in [0, 0.1) is 0 Å². The van der Waals surface area contributed by atoms with Crippen molar-refractivity contribution >= 4 is 33.2 Å². The molecule has 2 aromatic heterocycles. The Balaban J connectivity index is 1.07. The number of hydrogen-bond donors (Lipinski definition) is 0. The van der Waals surface area contributed by atoms with Crippen LogP contribution in [0.2, 0.25) is 0 Å². The fraction of sp³-hybridized carbons (Fsp3) is 0.119. The highest BCUT2D eigenvalue weighted by Crippen LogP contribution is 2.37. The second kappa shape index (κ2) is 11.5. The van der Waals surface area contributed by atoms with E-state index < -0.39 is 0 Å². The fourth-order valence-electron chi connectivity index (χ4n) is 6.38. The molecular weight excluding hydrogens is 576 g/mol. The zero-order valence-electron chi connectivity index (χ0n) is 26.8. The molecule has 3 heterocycles. The van der Waals surface area contributed by atoms with Crippen molar-refractivity contribution in [3.63, 3.8) is 0 Å². The summed E-state index contributed by atoms with van der Waals surface area (Å²) in [7, 11) is 0. The van der Waals surface area contributed by atoms with Gasteiger partial charge < -0.3 is 14.5 Å². The van der Waals surface area contributed by atoms with Crippen molar-refractivity contribution in [1.29, 1.82) is 0 Å².